The van der Waals surface area contributed by atoms with Crippen LogP contribution in [0, 0.1) is 5.92 Å². The highest BCUT2D eigenvalue weighted by Gasteiger charge is 2.29. The standard InChI is InChI=1S/C13H17NO2S/c15-13(14-12-6-11(7-12)9-17)16-8-10-4-2-1-3-5-10/h1-5,11-12,17H,6-9H2,(H,14,15). The first-order valence-electron chi connectivity index (χ1n) is 5.86. The number of thiol groups is 1. The van der Waals surface area contributed by atoms with Crippen LogP contribution in [0.2, 0.25) is 0 Å². The number of rotatable bonds is 4. The zero-order chi connectivity index (χ0) is 12.1. The van der Waals surface area contributed by atoms with Crippen molar-refractivity contribution in [2.75, 3.05) is 5.75 Å². The lowest BCUT2D eigenvalue weighted by atomic mass is 9.82. The summed E-state index contributed by atoms with van der Waals surface area (Å²) in [6, 6.07) is 9.95. The molecule has 1 aromatic carbocycles. The van der Waals surface area contributed by atoms with E-state index in [1.807, 2.05) is 30.3 Å². The SMILES string of the molecule is O=C(NC1CC(CS)C1)OCc1ccccc1. The minimum Gasteiger partial charge on any atom is -0.445 e. The lowest BCUT2D eigenvalue weighted by Crippen LogP contribution is -2.44. The van der Waals surface area contributed by atoms with Crippen LogP contribution in [0.3, 0.4) is 0 Å². The largest absolute Gasteiger partial charge is 0.445 e. The van der Waals surface area contributed by atoms with Gasteiger partial charge in [-0.15, -0.1) is 0 Å². The third-order valence-electron chi connectivity index (χ3n) is 3.03. The van der Waals surface area contributed by atoms with Crippen LogP contribution in [0.15, 0.2) is 30.3 Å². The minimum absolute atomic E-state index is 0.274. The average Bonchev–Trinajstić information content (AvgIpc) is 2.32. The van der Waals surface area contributed by atoms with Crippen molar-refractivity contribution in [1.82, 2.24) is 5.32 Å². The minimum atomic E-state index is -0.323. The Balaban J connectivity index is 1.65. The lowest BCUT2D eigenvalue weighted by Gasteiger charge is -2.34. The molecule has 0 heterocycles. The Morgan fingerprint density at radius 2 is 2.06 bits per heavy atom. The smallest absolute Gasteiger partial charge is 0.407 e. The van der Waals surface area contributed by atoms with Gasteiger partial charge in [-0.1, -0.05) is 30.3 Å². The molecule has 1 aliphatic carbocycles. The molecule has 0 aromatic heterocycles. The van der Waals surface area contributed by atoms with E-state index in [1.54, 1.807) is 0 Å². The summed E-state index contributed by atoms with van der Waals surface area (Å²) in [5.74, 6) is 1.55. The van der Waals surface area contributed by atoms with E-state index in [0.29, 0.717) is 12.5 Å². The lowest BCUT2D eigenvalue weighted by molar-refractivity contribution is 0.124. The Kier molecular flexibility index (Phi) is 4.31. The summed E-state index contributed by atoms with van der Waals surface area (Å²) < 4.78 is 5.13. The molecule has 1 fully saturated rings. The molecular weight excluding hydrogens is 234 g/mol. The zero-order valence-corrected chi connectivity index (χ0v) is 10.5. The van der Waals surface area contributed by atoms with Gasteiger partial charge in [0.2, 0.25) is 0 Å². The number of hydrogen-bond donors (Lipinski definition) is 2. The number of ether oxygens (including phenoxy) is 1. The first-order chi connectivity index (χ1) is 8.28. The summed E-state index contributed by atoms with van der Waals surface area (Å²) >= 11 is 4.22. The van der Waals surface area contributed by atoms with Crippen molar-refractivity contribution >= 4 is 18.7 Å². The van der Waals surface area contributed by atoms with E-state index in [0.717, 1.165) is 24.2 Å². The maximum absolute atomic E-state index is 11.5. The van der Waals surface area contributed by atoms with Gasteiger partial charge in [-0.25, -0.2) is 4.79 Å². The van der Waals surface area contributed by atoms with Crippen LogP contribution in [0.1, 0.15) is 18.4 Å². The summed E-state index contributed by atoms with van der Waals surface area (Å²) in [5.41, 5.74) is 1.00. The van der Waals surface area contributed by atoms with Crippen LogP contribution in [-0.4, -0.2) is 17.9 Å². The van der Waals surface area contributed by atoms with Crippen molar-refractivity contribution in [3.63, 3.8) is 0 Å². The van der Waals surface area contributed by atoms with Crippen molar-refractivity contribution in [2.45, 2.75) is 25.5 Å². The van der Waals surface area contributed by atoms with Gasteiger partial charge in [0.15, 0.2) is 0 Å². The molecule has 0 saturated heterocycles. The number of amides is 1. The molecule has 0 aliphatic heterocycles. The number of hydrogen-bond acceptors (Lipinski definition) is 3. The Hall–Kier alpha value is -1.16. The third-order valence-corrected chi connectivity index (χ3v) is 3.55. The van der Waals surface area contributed by atoms with Crippen molar-refractivity contribution in [2.24, 2.45) is 5.92 Å². The van der Waals surface area contributed by atoms with E-state index in [4.69, 9.17) is 4.74 Å². The molecule has 0 spiro atoms. The quantitative estimate of drug-likeness (QED) is 0.807. The second-order valence-corrected chi connectivity index (χ2v) is 4.79. The van der Waals surface area contributed by atoms with Crippen molar-refractivity contribution in [1.29, 1.82) is 0 Å². The van der Waals surface area contributed by atoms with Crippen LogP contribution >= 0.6 is 12.6 Å². The summed E-state index contributed by atoms with van der Waals surface area (Å²) in [6.07, 6.45) is 1.71. The molecule has 17 heavy (non-hydrogen) atoms. The van der Waals surface area contributed by atoms with E-state index in [-0.39, 0.29) is 12.1 Å². The molecule has 4 heteroatoms. The highest BCUT2D eigenvalue weighted by molar-refractivity contribution is 7.80. The maximum Gasteiger partial charge on any atom is 0.407 e. The van der Waals surface area contributed by atoms with Crippen LogP contribution in [0.5, 0.6) is 0 Å². The molecule has 2 rings (SSSR count). The van der Waals surface area contributed by atoms with E-state index in [9.17, 15) is 4.79 Å². The number of carbonyl (C=O) groups is 1. The molecule has 1 aliphatic rings. The van der Waals surface area contributed by atoms with Crippen LogP contribution < -0.4 is 5.32 Å². The van der Waals surface area contributed by atoms with Gasteiger partial charge < -0.3 is 10.1 Å². The number of carbonyl (C=O) groups excluding carboxylic acids is 1. The zero-order valence-electron chi connectivity index (χ0n) is 9.63. The van der Waals surface area contributed by atoms with E-state index < -0.39 is 0 Å². The highest BCUT2D eigenvalue weighted by atomic mass is 32.1. The molecule has 92 valence electrons. The predicted molar refractivity (Wildman–Crippen MR) is 70.1 cm³/mol. The molecule has 3 nitrogen and oxygen atoms in total. The second-order valence-electron chi connectivity index (χ2n) is 4.42. The third kappa shape index (κ3) is 3.66. The second kappa shape index (κ2) is 5.96. The highest BCUT2D eigenvalue weighted by Crippen LogP contribution is 2.28. The number of nitrogens with one attached hydrogen (secondary N) is 1. The van der Waals surface area contributed by atoms with Gasteiger partial charge in [0.25, 0.3) is 0 Å². The van der Waals surface area contributed by atoms with Crippen LogP contribution in [0.25, 0.3) is 0 Å². The topological polar surface area (TPSA) is 38.3 Å². The van der Waals surface area contributed by atoms with E-state index >= 15 is 0 Å². The molecule has 0 bridgehead atoms. The first kappa shape index (κ1) is 12.3. The molecule has 0 atom stereocenters. The maximum atomic E-state index is 11.5. The fourth-order valence-corrected chi connectivity index (χ4v) is 2.23. The van der Waals surface area contributed by atoms with Gasteiger partial charge >= 0.3 is 6.09 Å². The molecular formula is C13H17NO2S. The van der Waals surface area contributed by atoms with Crippen molar-refractivity contribution in [3.05, 3.63) is 35.9 Å². The summed E-state index contributed by atoms with van der Waals surface area (Å²) in [5, 5.41) is 2.86. The summed E-state index contributed by atoms with van der Waals surface area (Å²) in [4.78, 5) is 11.5. The summed E-state index contributed by atoms with van der Waals surface area (Å²) in [7, 11) is 0. The Labute approximate surface area is 107 Å². The monoisotopic (exact) mass is 251 g/mol. The fourth-order valence-electron chi connectivity index (χ4n) is 1.93. The van der Waals surface area contributed by atoms with Crippen LogP contribution in [-0.2, 0) is 11.3 Å². The molecule has 0 radical (unpaired) electrons. The van der Waals surface area contributed by atoms with Gasteiger partial charge in [0, 0.05) is 6.04 Å². The molecule has 1 N–H and O–H groups in total. The molecule has 1 amide bonds. The Morgan fingerprint density at radius 3 is 2.71 bits per heavy atom. The van der Waals surface area contributed by atoms with E-state index in [2.05, 4.69) is 17.9 Å². The normalized spacial score (nSPS) is 22.6. The van der Waals surface area contributed by atoms with Gasteiger partial charge in [-0.05, 0) is 30.1 Å². The van der Waals surface area contributed by atoms with Gasteiger partial charge in [-0.2, -0.15) is 12.6 Å². The number of alkyl carbamates (subject to hydrolysis) is 1. The fraction of sp³-hybridized carbons (Fsp3) is 0.462. The van der Waals surface area contributed by atoms with Gasteiger partial charge in [0.05, 0.1) is 0 Å². The first-order valence-corrected chi connectivity index (χ1v) is 6.49. The van der Waals surface area contributed by atoms with Gasteiger partial charge in [-0.3, -0.25) is 0 Å². The Morgan fingerprint density at radius 1 is 1.35 bits per heavy atom. The summed E-state index contributed by atoms with van der Waals surface area (Å²) in [6.45, 7) is 0.329. The Bertz CT molecular complexity index is 363. The van der Waals surface area contributed by atoms with Crippen molar-refractivity contribution < 1.29 is 9.53 Å². The number of benzene rings is 1. The van der Waals surface area contributed by atoms with Crippen molar-refractivity contribution in [3.8, 4) is 0 Å². The van der Waals surface area contributed by atoms with E-state index in [1.165, 1.54) is 0 Å². The molecule has 1 saturated carbocycles. The van der Waals surface area contributed by atoms with Crippen LogP contribution in [0.4, 0.5) is 4.79 Å². The average molecular weight is 251 g/mol. The predicted octanol–water partition coefficient (Wildman–Crippen LogP) is 2.62. The van der Waals surface area contributed by atoms with Gasteiger partial charge in [0.1, 0.15) is 6.61 Å². The molecule has 1 aromatic rings. The molecule has 0 unspecified atom stereocenters.